The maximum atomic E-state index is 11.0. The van der Waals surface area contributed by atoms with Crippen molar-refractivity contribution < 1.29 is 0 Å². The summed E-state index contributed by atoms with van der Waals surface area (Å²) in [5.74, 6) is 0. The minimum atomic E-state index is -0.237. The van der Waals surface area contributed by atoms with E-state index in [1.54, 1.807) is 12.1 Å². The molecule has 0 amide bonds. The van der Waals surface area contributed by atoms with E-state index in [0.29, 0.717) is 10.7 Å². The molecule has 2 aromatic heterocycles. The molecular formula is C6H4ClN3O. The second kappa shape index (κ2) is 2.10. The van der Waals surface area contributed by atoms with Crippen molar-refractivity contribution in [2.45, 2.75) is 0 Å². The van der Waals surface area contributed by atoms with Gasteiger partial charge in [-0.1, -0.05) is 11.6 Å². The second-order valence-electron chi connectivity index (χ2n) is 2.10. The third-order valence-electron chi connectivity index (χ3n) is 1.44. The number of fused-ring (bicyclic) bond motifs is 1. The van der Waals surface area contributed by atoms with Crippen LogP contribution in [0.2, 0.25) is 5.15 Å². The highest BCUT2D eigenvalue weighted by atomic mass is 35.5. The average Bonchev–Trinajstić information content (AvgIpc) is 2.35. The predicted molar refractivity (Wildman–Crippen MR) is 40.8 cm³/mol. The van der Waals surface area contributed by atoms with E-state index in [0.717, 1.165) is 0 Å². The van der Waals surface area contributed by atoms with Crippen LogP contribution >= 0.6 is 11.6 Å². The van der Waals surface area contributed by atoms with Crippen molar-refractivity contribution in [3.63, 3.8) is 0 Å². The first kappa shape index (κ1) is 6.42. The van der Waals surface area contributed by atoms with Crippen molar-refractivity contribution in [3.05, 3.63) is 34.0 Å². The molecule has 2 heterocycles. The Hall–Kier alpha value is -1.29. The van der Waals surface area contributed by atoms with Gasteiger partial charge in [-0.25, -0.2) is 5.10 Å². The SMILES string of the molecule is O=c1[nH]ncn2c(Cl)ccc12. The van der Waals surface area contributed by atoms with Crippen LogP contribution in [-0.2, 0) is 0 Å². The van der Waals surface area contributed by atoms with E-state index in [1.165, 1.54) is 10.7 Å². The lowest BCUT2D eigenvalue weighted by Gasteiger charge is -1.90. The molecule has 0 spiro atoms. The van der Waals surface area contributed by atoms with E-state index < -0.39 is 0 Å². The molecule has 0 saturated heterocycles. The van der Waals surface area contributed by atoms with Crippen LogP contribution in [0.5, 0.6) is 0 Å². The first-order valence-corrected chi connectivity index (χ1v) is 3.37. The normalized spacial score (nSPS) is 10.6. The zero-order chi connectivity index (χ0) is 7.84. The number of H-pyrrole nitrogens is 1. The molecule has 0 aliphatic rings. The molecule has 2 rings (SSSR count). The van der Waals surface area contributed by atoms with Crippen molar-refractivity contribution in [2.24, 2.45) is 0 Å². The Bertz CT molecular complexity index is 444. The average molecular weight is 170 g/mol. The van der Waals surface area contributed by atoms with E-state index in [4.69, 9.17) is 11.6 Å². The van der Waals surface area contributed by atoms with Crippen molar-refractivity contribution in [2.75, 3.05) is 0 Å². The van der Waals surface area contributed by atoms with Gasteiger partial charge in [-0.2, -0.15) is 5.10 Å². The summed E-state index contributed by atoms with van der Waals surface area (Å²) in [4.78, 5) is 11.0. The zero-order valence-electron chi connectivity index (χ0n) is 5.41. The monoisotopic (exact) mass is 169 g/mol. The lowest BCUT2D eigenvalue weighted by Crippen LogP contribution is -2.10. The number of nitrogens with one attached hydrogen (secondary N) is 1. The third kappa shape index (κ3) is 0.832. The molecule has 4 nitrogen and oxygen atoms in total. The molecule has 11 heavy (non-hydrogen) atoms. The van der Waals surface area contributed by atoms with E-state index in [2.05, 4.69) is 10.2 Å². The van der Waals surface area contributed by atoms with Gasteiger partial charge in [-0.05, 0) is 12.1 Å². The Balaban J connectivity index is 3.06. The summed E-state index contributed by atoms with van der Waals surface area (Å²) in [5.41, 5.74) is 0.268. The predicted octanol–water partition coefficient (Wildman–Crippen LogP) is 0.676. The van der Waals surface area contributed by atoms with Gasteiger partial charge in [-0.3, -0.25) is 9.20 Å². The molecule has 0 aliphatic carbocycles. The largest absolute Gasteiger partial charge is 0.288 e. The van der Waals surface area contributed by atoms with Gasteiger partial charge < -0.3 is 0 Å². The Morgan fingerprint density at radius 1 is 1.55 bits per heavy atom. The van der Waals surface area contributed by atoms with Gasteiger partial charge in [0.15, 0.2) is 0 Å². The molecule has 0 saturated carbocycles. The zero-order valence-corrected chi connectivity index (χ0v) is 6.17. The highest BCUT2D eigenvalue weighted by molar-refractivity contribution is 6.30. The molecule has 0 unspecified atom stereocenters. The summed E-state index contributed by atoms with van der Waals surface area (Å²) < 4.78 is 1.51. The standard InChI is InChI=1S/C6H4ClN3O/c7-5-2-1-4-6(11)9-8-3-10(4)5/h1-3H,(H,9,11). The van der Waals surface area contributed by atoms with Crippen LogP contribution in [0.4, 0.5) is 0 Å². The number of halogens is 1. The van der Waals surface area contributed by atoms with Crippen LogP contribution in [0.1, 0.15) is 0 Å². The van der Waals surface area contributed by atoms with Crippen molar-refractivity contribution in [1.29, 1.82) is 0 Å². The fourth-order valence-corrected chi connectivity index (χ4v) is 1.13. The molecule has 1 N–H and O–H groups in total. The van der Waals surface area contributed by atoms with Crippen molar-refractivity contribution in [1.82, 2.24) is 14.6 Å². The molecule has 0 bridgehead atoms. The molecule has 56 valence electrons. The summed E-state index contributed by atoms with van der Waals surface area (Å²) in [6.45, 7) is 0. The van der Waals surface area contributed by atoms with Gasteiger partial charge in [-0.15, -0.1) is 0 Å². The number of rotatable bonds is 0. The van der Waals surface area contributed by atoms with E-state index >= 15 is 0 Å². The summed E-state index contributed by atoms with van der Waals surface area (Å²) in [7, 11) is 0. The molecule has 0 aromatic carbocycles. The maximum absolute atomic E-state index is 11.0. The molecular weight excluding hydrogens is 166 g/mol. The van der Waals surface area contributed by atoms with Gasteiger partial charge in [0, 0.05) is 0 Å². The second-order valence-corrected chi connectivity index (χ2v) is 2.48. The van der Waals surface area contributed by atoms with Gasteiger partial charge in [0.05, 0.1) is 0 Å². The first-order chi connectivity index (χ1) is 5.29. The van der Waals surface area contributed by atoms with E-state index in [-0.39, 0.29) is 5.56 Å². The molecule has 5 heteroatoms. The molecule has 2 aromatic rings. The number of aromatic amines is 1. The Morgan fingerprint density at radius 2 is 2.36 bits per heavy atom. The van der Waals surface area contributed by atoms with Crippen molar-refractivity contribution in [3.8, 4) is 0 Å². The topological polar surface area (TPSA) is 50.2 Å². The van der Waals surface area contributed by atoms with Gasteiger partial charge in [0.25, 0.3) is 5.56 Å². The number of aromatic nitrogens is 3. The first-order valence-electron chi connectivity index (χ1n) is 2.99. The fraction of sp³-hybridized carbons (Fsp3) is 0. The van der Waals surface area contributed by atoms with Gasteiger partial charge in [0.1, 0.15) is 17.0 Å². The summed E-state index contributed by atoms with van der Waals surface area (Å²) in [5, 5.41) is 6.37. The van der Waals surface area contributed by atoms with Crippen LogP contribution in [0.3, 0.4) is 0 Å². The Morgan fingerprint density at radius 3 is 3.09 bits per heavy atom. The smallest absolute Gasteiger partial charge is 0.284 e. The lowest BCUT2D eigenvalue weighted by molar-refractivity contribution is 0.920. The van der Waals surface area contributed by atoms with Crippen LogP contribution in [0.25, 0.3) is 5.52 Å². The quantitative estimate of drug-likeness (QED) is 0.631. The number of hydrogen-bond donors (Lipinski definition) is 1. The highest BCUT2D eigenvalue weighted by Gasteiger charge is 2.00. The van der Waals surface area contributed by atoms with E-state index in [9.17, 15) is 4.79 Å². The minimum Gasteiger partial charge on any atom is -0.284 e. The number of hydrogen-bond acceptors (Lipinski definition) is 2. The van der Waals surface area contributed by atoms with Gasteiger partial charge >= 0.3 is 0 Å². The molecule has 0 aliphatic heterocycles. The van der Waals surface area contributed by atoms with Crippen LogP contribution in [0, 0.1) is 0 Å². The minimum absolute atomic E-state index is 0.237. The lowest BCUT2D eigenvalue weighted by atomic mass is 10.5. The summed E-state index contributed by atoms with van der Waals surface area (Å²) in [6, 6.07) is 3.29. The number of nitrogens with zero attached hydrogens (tertiary/aromatic N) is 2. The Labute approximate surface area is 66.4 Å². The van der Waals surface area contributed by atoms with Crippen LogP contribution in [-0.4, -0.2) is 14.6 Å². The van der Waals surface area contributed by atoms with Crippen molar-refractivity contribution >= 4 is 17.1 Å². The molecule has 0 radical (unpaired) electrons. The van der Waals surface area contributed by atoms with Gasteiger partial charge in [0.2, 0.25) is 0 Å². The summed E-state index contributed by atoms with van der Waals surface area (Å²) in [6.07, 6.45) is 1.46. The summed E-state index contributed by atoms with van der Waals surface area (Å²) >= 11 is 5.71. The Kier molecular flexibility index (Phi) is 1.22. The maximum Gasteiger partial charge on any atom is 0.288 e. The van der Waals surface area contributed by atoms with Crippen LogP contribution < -0.4 is 5.56 Å². The van der Waals surface area contributed by atoms with Crippen LogP contribution in [0.15, 0.2) is 23.3 Å². The highest BCUT2D eigenvalue weighted by Crippen LogP contribution is 2.09. The van der Waals surface area contributed by atoms with E-state index in [1.807, 2.05) is 0 Å². The third-order valence-corrected chi connectivity index (χ3v) is 1.75. The molecule has 0 atom stereocenters. The molecule has 0 fully saturated rings. The fourth-order valence-electron chi connectivity index (χ4n) is 0.928.